The highest BCUT2D eigenvalue weighted by Crippen LogP contribution is 2.18. The number of halogens is 2. The topological polar surface area (TPSA) is 68.5 Å². The summed E-state index contributed by atoms with van der Waals surface area (Å²) >= 11 is 10.8. The summed E-state index contributed by atoms with van der Waals surface area (Å²) in [5.41, 5.74) is 2.36. The molecule has 0 saturated carbocycles. The first kappa shape index (κ1) is 19.9. The quantitative estimate of drug-likeness (QED) is 0.409. The molecule has 0 unspecified atom stereocenters. The van der Waals surface area contributed by atoms with E-state index in [4.69, 9.17) is 16.3 Å². The van der Waals surface area contributed by atoms with E-state index in [9.17, 15) is 4.79 Å². The van der Waals surface area contributed by atoms with Gasteiger partial charge in [0, 0.05) is 27.3 Å². The lowest BCUT2D eigenvalue weighted by Gasteiger charge is -2.03. The highest BCUT2D eigenvalue weighted by molar-refractivity contribution is 9.10. The van der Waals surface area contributed by atoms with E-state index >= 15 is 0 Å². The van der Waals surface area contributed by atoms with E-state index in [2.05, 4.69) is 31.2 Å². The van der Waals surface area contributed by atoms with Crippen LogP contribution in [0.3, 0.4) is 0 Å². The molecule has 3 aromatic heterocycles. The summed E-state index contributed by atoms with van der Waals surface area (Å²) in [6.45, 7) is 0.722. The van der Waals surface area contributed by atoms with Crippen molar-refractivity contribution in [3.8, 4) is 5.75 Å². The second-order valence-electron chi connectivity index (χ2n) is 6.27. The maximum Gasteiger partial charge on any atom is 0.226 e. The Morgan fingerprint density at radius 3 is 2.79 bits per heavy atom. The Kier molecular flexibility index (Phi) is 6.13. The molecule has 4 aromatic rings. The molecule has 0 saturated heterocycles. The number of benzene rings is 1. The number of fused-ring (bicyclic) bond motifs is 1. The lowest BCUT2D eigenvalue weighted by atomic mass is 10.3. The van der Waals surface area contributed by atoms with E-state index in [-0.39, 0.29) is 12.3 Å². The lowest BCUT2D eigenvalue weighted by molar-refractivity contribution is -0.120. The largest absolute Gasteiger partial charge is 0.486 e. The third-order valence-corrected chi connectivity index (χ3v) is 5.64. The first-order chi connectivity index (χ1) is 14.0. The molecule has 9 heteroatoms. The average molecular weight is 492 g/mol. The van der Waals surface area contributed by atoms with Gasteiger partial charge in [-0.1, -0.05) is 11.6 Å². The molecule has 1 amide bonds. The molecule has 29 heavy (non-hydrogen) atoms. The number of nitrogens with one attached hydrogen (secondary N) is 1. The van der Waals surface area contributed by atoms with E-state index in [1.165, 1.54) is 11.3 Å². The van der Waals surface area contributed by atoms with Crippen LogP contribution < -0.4 is 10.1 Å². The number of pyridine rings is 1. The third-order valence-electron chi connectivity index (χ3n) is 4.05. The van der Waals surface area contributed by atoms with Crippen LogP contribution in [-0.2, 0) is 24.4 Å². The minimum absolute atomic E-state index is 0.0984. The van der Waals surface area contributed by atoms with Gasteiger partial charge in [0.05, 0.1) is 24.4 Å². The van der Waals surface area contributed by atoms with Crippen molar-refractivity contribution in [2.75, 3.05) is 0 Å². The summed E-state index contributed by atoms with van der Waals surface area (Å²) < 4.78 is 8.57. The van der Waals surface area contributed by atoms with Crippen molar-refractivity contribution < 1.29 is 9.53 Å². The van der Waals surface area contributed by atoms with E-state index in [0.717, 1.165) is 32.3 Å². The number of nitrogens with zero attached hydrogens (tertiary/aromatic N) is 3. The van der Waals surface area contributed by atoms with Gasteiger partial charge in [-0.15, -0.1) is 11.3 Å². The minimum Gasteiger partial charge on any atom is -0.486 e. The maximum absolute atomic E-state index is 12.2. The zero-order valence-electron chi connectivity index (χ0n) is 15.1. The standard InChI is InChI=1S/C20H16BrClN4O2S/c21-13-1-6-18-24-16(10-26(18)9-13)8-23-19(27)7-15-12-29-20(25-15)11-28-17-4-2-14(22)3-5-17/h1-6,9-10,12H,7-8,11H2,(H,23,27). The van der Waals surface area contributed by atoms with E-state index in [1.807, 2.05) is 46.4 Å². The molecule has 0 aliphatic rings. The van der Waals surface area contributed by atoms with Gasteiger partial charge in [0.1, 0.15) is 23.0 Å². The van der Waals surface area contributed by atoms with Crippen LogP contribution >= 0.6 is 38.9 Å². The van der Waals surface area contributed by atoms with Crippen molar-refractivity contribution in [3.05, 3.63) is 80.1 Å². The molecular weight excluding hydrogens is 476 g/mol. The summed E-state index contributed by atoms with van der Waals surface area (Å²) in [7, 11) is 0. The number of aromatic nitrogens is 3. The predicted molar refractivity (Wildman–Crippen MR) is 116 cm³/mol. The smallest absolute Gasteiger partial charge is 0.226 e. The Labute approximate surface area is 184 Å². The Hall–Kier alpha value is -2.42. The molecule has 0 aliphatic heterocycles. The molecule has 0 aliphatic carbocycles. The number of carbonyl (C=O) groups excluding carboxylic acids is 1. The van der Waals surface area contributed by atoms with Crippen molar-refractivity contribution in [1.29, 1.82) is 0 Å². The molecule has 0 atom stereocenters. The number of imidazole rings is 1. The number of thiazole rings is 1. The molecule has 0 spiro atoms. The summed E-state index contributed by atoms with van der Waals surface area (Å²) in [5, 5.41) is 6.24. The van der Waals surface area contributed by atoms with E-state index in [1.54, 1.807) is 12.1 Å². The number of amides is 1. The van der Waals surface area contributed by atoms with Crippen molar-refractivity contribution in [2.45, 2.75) is 19.6 Å². The molecule has 148 valence electrons. The van der Waals surface area contributed by atoms with Crippen molar-refractivity contribution >= 4 is 50.4 Å². The summed E-state index contributed by atoms with van der Waals surface area (Å²) in [5.74, 6) is 0.627. The monoisotopic (exact) mass is 490 g/mol. The summed E-state index contributed by atoms with van der Waals surface area (Å²) in [6, 6.07) is 11.0. The Morgan fingerprint density at radius 2 is 1.97 bits per heavy atom. The van der Waals surface area contributed by atoms with Crippen molar-refractivity contribution in [2.24, 2.45) is 0 Å². The molecule has 6 nitrogen and oxygen atoms in total. The summed E-state index contributed by atoms with van der Waals surface area (Å²) in [4.78, 5) is 21.2. The van der Waals surface area contributed by atoms with Gasteiger partial charge in [-0.05, 0) is 52.3 Å². The van der Waals surface area contributed by atoms with Crippen LogP contribution in [0, 0.1) is 0 Å². The SMILES string of the molecule is O=C(Cc1csc(COc2ccc(Cl)cc2)n1)NCc1cn2cc(Br)ccc2n1. The molecule has 0 radical (unpaired) electrons. The van der Waals surface area contributed by atoms with Crippen LogP contribution in [0.25, 0.3) is 5.65 Å². The van der Waals surface area contributed by atoms with Crippen molar-refractivity contribution in [3.63, 3.8) is 0 Å². The second-order valence-corrected chi connectivity index (χ2v) is 8.57. The van der Waals surface area contributed by atoms with Crippen LogP contribution in [0.5, 0.6) is 5.75 Å². The molecule has 1 aromatic carbocycles. The Bertz CT molecular complexity index is 1140. The van der Waals surface area contributed by atoms with Crippen LogP contribution in [0.15, 0.2) is 58.6 Å². The fourth-order valence-corrected chi connectivity index (χ4v) is 3.87. The molecule has 1 N–H and O–H groups in total. The van der Waals surface area contributed by atoms with Gasteiger partial charge in [-0.2, -0.15) is 0 Å². The van der Waals surface area contributed by atoms with Gasteiger partial charge in [0.25, 0.3) is 0 Å². The number of rotatable bonds is 7. The third kappa shape index (κ3) is 5.35. The average Bonchev–Trinajstić information content (AvgIpc) is 3.32. The fraction of sp³-hybridized carbons (Fsp3) is 0.150. The molecule has 0 bridgehead atoms. The van der Waals surface area contributed by atoms with Gasteiger partial charge in [0.2, 0.25) is 5.91 Å². The Balaban J connectivity index is 1.27. The van der Waals surface area contributed by atoms with Gasteiger partial charge < -0.3 is 14.5 Å². The predicted octanol–water partition coefficient (Wildman–Crippen LogP) is 4.64. The zero-order chi connectivity index (χ0) is 20.2. The number of ether oxygens (including phenoxy) is 1. The highest BCUT2D eigenvalue weighted by Gasteiger charge is 2.10. The maximum atomic E-state index is 12.2. The molecule has 0 fully saturated rings. The van der Waals surface area contributed by atoms with Crippen molar-refractivity contribution in [1.82, 2.24) is 19.7 Å². The van der Waals surface area contributed by atoms with Gasteiger partial charge in [-0.3, -0.25) is 4.79 Å². The Morgan fingerprint density at radius 1 is 1.14 bits per heavy atom. The molecule has 3 heterocycles. The van der Waals surface area contributed by atoms with E-state index in [0.29, 0.717) is 18.2 Å². The fourth-order valence-electron chi connectivity index (χ4n) is 2.69. The van der Waals surface area contributed by atoms with Crippen LogP contribution in [-0.4, -0.2) is 20.3 Å². The minimum atomic E-state index is -0.0984. The zero-order valence-corrected chi connectivity index (χ0v) is 18.3. The van der Waals surface area contributed by atoms with Crippen LogP contribution in [0.1, 0.15) is 16.4 Å². The van der Waals surface area contributed by atoms with Gasteiger partial charge in [-0.25, -0.2) is 9.97 Å². The first-order valence-electron chi connectivity index (χ1n) is 8.76. The van der Waals surface area contributed by atoms with Gasteiger partial charge >= 0.3 is 0 Å². The summed E-state index contributed by atoms with van der Waals surface area (Å²) in [6.07, 6.45) is 4.04. The number of hydrogen-bond acceptors (Lipinski definition) is 5. The lowest BCUT2D eigenvalue weighted by Crippen LogP contribution is -2.24. The molecule has 4 rings (SSSR count). The van der Waals surface area contributed by atoms with Gasteiger partial charge in [0.15, 0.2) is 0 Å². The number of hydrogen-bond donors (Lipinski definition) is 1. The number of carbonyl (C=O) groups is 1. The first-order valence-corrected chi connectivity index (χ1v) is 10.8. The highest BCUT2D eigenvalue weighted by atomic mass is 79.9. The van der Waals surface area contributed by atoms with E-state index < -0.39 is 0 Å². The normalized spacial score (nSPS) is 11.0. The second kappa shape index (κ2) is 8.94. The van der Waals surface area contributed by atoms with Crippen LogP contribution in [0.4, 0.5) is 0 Å². The van der Waals surface area contributed by atoms with Crippen LogP contribution in [0.2, 0.25) is 5.02 Å². The molecular formula is C20H16BrClN4O2S.